The topological polar surface area (TPSA) is 84.1 Å². The molecule has 0 saturated carbocycles. The van der Waals surface area contributed by atoms with Crippen LogP contribution >= 0.6 is 0 Å². The first kappa shape index (κ1) is 19.8. The molecule has 1 aromatic carbocycles. The van der Waals surface area contributed by atoms with Crippen molar-refractivity contribution in [1.82, 2.24) is 9.97 Å². The molecule has 1 fully saturated rings. The van der Waals surface area contributed by atoms with Gasteiger partial charge in [-0.25, -0.2) is 9.37 Å². The van der Waals surface area contributed by atoms with Gasteiger partial charge in [-0.1, -0.05) is 24.3 Å². The summed E-state index contributed by atoms with van der Waals surface area (Å²) in [6.07, 6.45) is 5.08. The summed E-state index contributed by atoms with van der Waals surface area (Å²) in [6.45, 7) is 2.49. The number of amides is 1. The van der Waals surface area contributed by atoms with Gasteiger partial charge in [0.25, 0.3) is 0 Å². The molecule has 1 amide bonds. The normalized spacial score (nSPS) is 14.1. The van der Waals surface area contributed by atoms with Gasteiger partial charge < -0.3 is 16.0 Å². The zero-order valence-electron chi connectivity index (χ0n) is 16.6. The highest BCUT2D eigenvalue weighted by atomic mass is 19.1. The van der Waals surface area contributed by atoms with Crippen molar-refractivity contribution < 1.29 is 9.18 Å². The van der Waals surface area contributed by atoms with Gasteiger partial charge in [0.1, 0.15) is 17.5 Å². The van der Waals surface area contributed by atoms with Crippen LogP contribution in [-0.4, -0.2) is 35.5 Å². The number of carbonyl (C=O) groups is 1. The molecule has 1 atom stereocenters. The molecule has 1 aliphatic rings. The fraction of sp³-hybridized carbons (Fsp3) is 0.261. The second kappa shape index (κ2) is 8.90. The number of hydrogen-bond acceptors (Lipinski definition) is 5. The highest BCUT2D eigenvalue weighted by Crippen LogP contribution is 2.32. The molecule has 0 bridgehead atoms. The number of pyridine rings is 2. The van der Waals surface area contributed by atoms with E-state index in [1.807, 2.05) is 24.3 Å². The van der Waals surface area contributed by atoms with E-state index in [-0.39, 0.29) is 5.82 Å². The van der Waals surface area contributed by atoms with Gasteiger partial charge in [-0.2, -0.15) is 0 Å². The van der Waals surface area contributed by atoms with Gasteiger partial charge in [-0.3, -0.25) is 9.78 Å². The molecule has 1 aliphatic heterocycles. The Morgan fingerprint density at radius 2 is 2.07 bits per heavy atom. The molecule has 0 radical (unpaired) electrons. The van der Waals surface area contributed by atoms with Crippen LogP contribution in [0.1, 0.15) is 29.0 Å². The maximum absolute atomic E-state index is 13.5. The molecule has 30 heavy (non-hydrogen) atoms. The Morgan fingerprint density at radius 1 is 1.20 bits per heavy atom. The maximum atomic E-state index is 13.5. The maximum Gasteiger partial charge on any atom is 0.229 e. The molecule has 7 heteroatoms. The second-order valence-corrected chi connectivity index (χ2v) is 7.38. The van der Waals surface area contributed by atoms with Crippen LogP contribution in [0.5, 0.6) is 0 Å². The monoisotopic (exact) mass is 405 g/mol. The lowest BCUT2D eigenvalue weighted by Gasteiger charge is -2.32. The number of nitrogens with zero attached hydrogens (tertiary/aromatic N) is 3. The average Bonchev–Trinajstić information content (AvgIpc) is 2.69. The van der Waals surface area contributed by atoms with E-state index < -0.39 is 11.8 Å². The molecular formula is C23H24FN5O. The summed E-state index contributed by atoms with van der Waals surface area (Å²) in [4.78, 5) is 23.5. The van der Waals surface area contributed by atoms with Crippen molar-refractivity contribution in [3.8, 4) is 0 Å². The van der Waals surface area contributed by atoms with Crippen molar-refractivity contribution in [2.75, 3.05) is 29.9 Å². The number of anilines is 2. The summed E-state index contributed by atoms with van der Waals surface area (Å²) >= 11 is 0. The summed E-state index contributed by atoms with van der Waals surface area (Å²) in [6, 6.07) is 14.0. The third-order valence-electron chi connectivity index (χ3n) is 5.30. The van der Waals surface area contributed by atoms with Crippen molar-refractivity contribution in [3.63, 3.8) is 0 Å². The Hall–Kier alpha value is -3.48. The van der Waals surface area contributed by atoms with E-state index >= 15 is 0 Å². The first-order valence-corrected chi connectivity index (χ1v) is 10.1. The van der Waals surface area contributed by atoms with Crippen LogP contribution < -0.4 is 16.0 Å². The lowest BCUT2D eigenvalue weighted by molar-refractivity contribution is -0.118. The number of halogens is 1. The van der Waals surface area contributed by atoms with Crippen molar-refractivity contribution >= 4 is 17.5 Å². The fourth-order valence-corrected chi connectivity index (χ4v) is 3.62. The van der Waals surface area contributed by atoms with Crippen molar-refractivity contribution in [1.29, 1.82) is 0 Å². The van der Waals surface area contributed by atoms with Crippen LogP contribution in [0.3, 0.4) is 0 Å². The summed E-state index contributed by atoms with van der Waals surface area (Å²) in [7, 11) is 0. The predicted octanol–water partition coefficient (Wildman–Crippen LogP) is 3.10. The van der Waals surface area contributed by atoms with E-state index in [2.05, 4.69) is 15.2 Å². The largest absolute Gasteiger partial charge is 0.369 e. The smallest absolute Gasteiger partial charge is 0.229 e. The van der Waals surface area contributed by atoms with Crippen molar-refractivity contribution in [3.05, 3.63) is 83.4 Å². The molecule has 0 aliphatic carbocycles. The fourth-order valence-electron chi connectivity index (χ4n) is 3.62. The zero-order valence-corrected chi connectivity index (χ0v) is 16.6. The van der Waals surface area contributed by atoms with E-state index in [1.165, 1.54) is 12.1 Å². The molecule has 3 heterocycles. The number of hydrogen-bond donors (Lipinski definition) is 2. The third-order valence-corrected chi connectivity index (χ3v) is 5.30. The van der Waals surface area contributed by atoms with Crippen LogP contribution in [0.4, 0.5) is 16.0 Å². The SMILES string of the molecule is NC(=O)C(c1cccnc1)c1ccc(N2CCC2)nc1NCCc1cccc(F)c1. The highest BCUT2D eigenvalue weighted by Gasteiger charge is 2.26. The van der Waals surface area contributed by atoms with Gasteiger partial charge >= 0.3 is 0 Å². The Labute approximate surface area is 175 Å². The Balaban J connectivity index is 1.62. The van der Waals surface area contributed by atoms with Crippen molar-refractivity contribution in [2.45, 2.75) is 18.8 Å². The molecule has 0 spiro atoms. The minimum Gasteiger partial charge on any atom is -0.369 e. The number of rotatable bonds is 8. The summed E-state index contributed by atoms with van der Waals surface area (Å²) in [5.41, 5.74) is 8.08. The van der Waals surface area contributed by atoms with E-state index in [0.717, 1.165) is 36.5 Å². The first-order chi connectivity index (χ1) is 14.6. The zero-order chi connectivity index (χ0) is 20.9. The van der Waals surface area contributed by atoms with E-state index in [0.29, 0.717) is 24.3 Å². The van der Waals surface area contributed by atoms with Crippen molar-refractivity contribution in [2.24, 2.45) is 5.73 Å². The summed E-state index contributed by atoms with van der Waals surface area (Å²) in [5, 5.41) is 3.34. The minimum atomic E-state index is -0.659. The second-order valence-electron chi connectivity index (χ2n) is 7.38. The van der Waals surface area contributed by atoms with Gasteiger partial charge in [0, 0.05) is 37.6 Å². The number of primary amides is 1. The predicted molar refractivity (Wildman–Crippen MR) is 115 cm³/mol. The Bertz CT molecular complexity index is 1020. The molecule has 2 aromatic heterocycles. The van der Waals surface area contributed by atoms with Gasteiger partial charge in [-0.15, -0.1) is 0 Å². The summed E-state index contributed by atoms with van der Waals surface area (Å²) in [5.74, 6) is 0.107. The molecule has 6 nitrogen and oxygen atoms in total. The molecule has 4 rings (SSSR count). The van der Waals surface area contributed by atoms with Gasteiger partial charge in [0.05, 0.1) is 5.92 Å². The Morgan fingerprint density at radius 3 is 2.73 bits per heavy atom. The van der Waals surface area contributed by atoms with Gasteiger partial charge in [0.15, 0.2) is 0 Å². The standard InChI is InChI=1S/C23H24FN5O/c24-18-6-1-4-16(14-18)9-11-27-23-19(7-8-20(28-23)29-12-3-13-29)21(22(25)30)17-5-2-10-26-15-17/h1-2,4-8,10,14-15,21H,3,9,11-13H2,(H2,25,30)(H,27,28). The van der Waals surface area contributed by atoms with E-state index in [9.17, 15) is 9.18 Å². The third kappa shape index (κ3) is 4.40. The highest BCUT2D eigenvalue weighted by molar-refractivity contribution is 5.87. The molecule has 3 N–H and O–H groups in total. The van der Waals surface area contributed by atoms with Gasteiger partial charge in [-0.05, 0) is 48.2 Å². The molecular weight excluding hydrogens is 381 g/mol. The number of nitrogens with one attached hydrogen (secondary N) is 1. The number of carbonyl (C=O) groups excluding carboxylic acids is 1. The minimum absolute atomic E-state index is 0.253. The van der Waals surface area contributed by atoms with E-state index in [1.54, 1.807) is 24.5 Å². The molecule has 1 unspecified atom stereocenters. The van der Waals surface area contributed by atoms with E-state index in [4.69, 9.17) is 10.7 Å². The van der Waals surface area contributed by atoms with Crippen LogP contribution in [0.15, 0.2) is 60.9 Å². The molecule has 1 saturated heterocycles. The van der Waals surface area contributed by atoms with Crippen LogP contribution in [0.25, 0.3) is 0 Å². The van der Waals surface area contributed by atoms with Gasteiger partial charge in [0.2, 0.25) is 5.91 Å². The summed E-state index contributed by atoms with van der Waals surface area (Å²) < 4.78 is 13.5. The molecule has 154 valence electrons. The number of benzene rings is 1. The average molecular weight is 405 g/mol. The van der Waals surface area contributed by atoms with Crippen LogP contribution in [-0.2, 0) is 11.2 Å². The van der Waals surface area contributed by atoms with Crippen LogP contribution in [0, 0.1) is 5.82 Å². The lowest BCUT2D eigenvalue weighted by Crippen LogP contribution is -2.37. The first-order valence-electron chi connectivity index (χ1n) is 10.1. The Kier molecular flexibility index (Phi) is 5.88. The molecule has 3 aromatic rings. The van der Waals surface area contributed by atoms with Crippen LogP contribution in [0.2, 0.25) is 0 Å². The lowest BCUT2D eigenvalue weighted by atomic mass is 9.92. The number of nitrogens with two attached hydrogens (primary N) is 1. The quantitative estimate of drug-likeness (QED) is 0.602. The number of aromatic nitrogens is 2.